The molecule has 0 aromatic heterocycles. The van der Waals surface area contributed by atoms with Crippen molar-refractivity contribution in [1.29, 1.82) is 0 Å². The fraction of sp³-hybridized carbons (Fsp3) is 0.625. The van der Waals surface area contributed by atoms with Crippen molar-refractivity contribution in [3.05, 3.63) is 12.7 Å². The maximum Gasteiger partial charge on any atom is 0.352 e. The first kappa shape index (κ1) is 25.7. The van der Waals surface area contributed by atoms with Crippen LogP contribution < -0.4 is 0 Å². The zero-order valence-corrected chi connectivity index (χ0v) is 16.7. The lowest BCUT2D eigenvalue weighted by Gasteiger charge is -2.31. The largest absolute Gasteiger partial charge is 0.481 e. The molecule has 0 aromatic carbocycles. The van der Waals surface area contributed by atoms with Gasteiger partial charge in [-0.25, -0.2) is 9.59 Å². The number of hydrogen-bond acceptors (Lipinski definition) is 9. The van der Waals surface area contributed by atoms with Gasteiger partial charge in [0.15, 0.2) is 0 Å². The van der Waals surface area contributed by atoms with Gasteiger partial charge in [0.05, 0.1) is 0 Å². The molecule has 0 radical (unpaired) electrons. The highest BCUT2D eigenvalue weighted by Crippen LogP contribution is 2.21. The number of rotatable bonds is 11. The van der Waals surface area contributed by atoms with Crippen LogP contribution in [0, 0.1) is 5.41 Å². The molecule has 0 bridgehead atoms. The number of hydrogen-bond donors (Lipinski definition) is 2. The van der Waals surface area contributed by atoms with Crippen LogP contribution in [0.3, 0.4) is 0 Å². The normalized spacial score (nSPS) is 12.9. The fourth-order valence-electron chi connectivity index (χ4n) is 1.93. The molecule has 2 N–H and O–H groups in total. The second kappa shape index (κ2) is 10.9. The van der Waals surface area contributed by atoms with Gasteiger partial charge >= 0.3 is 23.9 Å². The maximum atomic E-state index is 12.2. The van der Waals surface area contributed by atoms with E-state index >= 15 is 0 Å². The molecular formula is C16H25NO10S. The van der Waals surface area contributed by atoms with Crippen LogP contribution in [0.1, 0.15) is 46.5 Å². The molecule has 160 valence electrons. The van der Waals surface area contributed by atoms with Crippen molar-refractivity contribution in [3.8, 4) is 0 Å². The molecule has 0 aliphatic carbocycles. The third-order valence-electron chi connectivity index (χ3n) is 2.99. The van der Waals surface area contributed by atoms with E-state index in [0.717, 1.165) is 6.08 Å². The number of carboxylic acids is 1. The van der Waals surface area contributed by atoms with E-state index in [4.69, 9.17) is 9.94 Å². The average Bonchev–Trinajstić information content (AvgIpc) is 2.48. The Morgan fingerprint density at radius 3 is 2.11 bits per heavy atom. The van der Waals surface area contributed by atoms with Crippen LogP contribution in [0.4, 0.5) is 0 Å². The molecule has 0 aliphatic heterocycles. The molecule has 0 rings (SSSR count). The highest BCUT2D eigenvalue weighted by Gasteiger charge is 2.43. The molecule has 0 spiro atoms. The van der Waals surface area contributed by atoms with Crippen molar-refractivity contribution in [2.24, 2.45) is 5.41 Å². The van der Waals surface area contributed by atoms with Crippen molar-refractivity contribution in [1.82, 2.24) is 5.06 Å². The van der Waals surface area contributed by atoms with Crippen LogP contribution in [0.2, 0.25) is 0 Å². The molecule has 28 heavy (non-hydrogen) atoms. The molecular weight excluding hydrogens is 398 g/mol. The second-order valence-corrected chi connectivity index (χ2v) is 8.49. The van der Waals surface area contributed by atoms with Crippen LogP contribution >= 0.6 is 0 Å². The monoisotopic (exact) mass is 423 g/mol. The van der Waals surface area contributed by atoms with Crippen molar-refractivity contribution in [3.63, 3.8) is 0 Å². The molecule has 0 fully saturated rings. The summed E-state index contributed by atoms with van der Waals surface area (Å²) in [6.45, 7) is 7.77. The summed E-state index contributed by atoms with van der Waals surface area (Å²) in [5.41, 5.74) is -0.689. The standard InChI is InChI=1S/C16H25NO10S/c1-5-12(20)27-17(10-16(2,3)4)14(28(23,24)25)15(22)26-13(21)9-7-6-8-11(18)19/h5,14H,1,6-10H2,2-4H3,(H,18,19)(H,23,24,25). The van der Waals surface area contributed by atoms with Crippen LogP contribution in [0.25, 0.3) is 0 Å². The molecule has 0 amide bonds. The topological polar surface area (TPSA) is 165 Å². The predicted octanol–water partition coefficient (Wildman–Crippen LogP) is 0.907. The highest BCUT2D eigenvalue weighted by molar-refractivity contribution is 7.87. The minimum Gasteiger partial charge on any atom is -0.481 e. The molecule has 11 nitrogen and oxygen atoms in total. The van der Waals surface area contributed by atoms with Gasteiger partial charge in [-0.2, -0.15) is 8.42 Å². The second-order valence-electron chi connectivity index (χ2n) is 7.01. The Balaban J connectivity index is 5.36. The van der Waals surface area contributed by atoms with Gasteiger partial charge in [-0.1, -0.05) is 27.4 Å². The van der Waals surface area contributed by atoms with E-state index in [2.05, 4.69) is 11.3 Å². The quantitative estimate of drug-likeness (QED) is 0.121. The van der Waals surface area contributed by atoms with E-state index in [1.165, 1.54) is 0 Å². The van der Waals surface area contributed by atoms with Gasteiger partial charge in [0.2, 0.25) is 0 Å². The summed E-state index contributed by atoms with van der Waals surface area (Å²) < 4.78 is 37.3. The number of unbranched alkanes of at least 4 members (excludes halogenated alkanes) is 1. The number of carboxylic acid groups (broad SMARTS) is 1. The predicted molar refractivity (Wildman–Crippen MR) is 95.0 cm³/mol. The number of nitrogens with zero attached hydrogens (tertiary/aromatic N) is 1. The summed E-state index contributed by atoms with van der Waals surface area (Å²) in [5.74, 6) is -4.93. The summed E-state index contributed by atoms with van der Waals surface area (Å²) in [6, 6.07) is 0. The van der Waals surface area contributed by atoms with Crippen molar-refractivity contribution in [2.45, 2.75) is 51.8 Å². The maximum absolute atomic E-state index is 12.2. The number of carbonyl (C=O) groups excluding carboxylic acids is 3. The lowest BCUT2D eigenvalue weighted by Crippen LogP contribution is -2.51. The fourth-order valence-corrected chi connectivity index (χ4v) is 2.64. The first-order chi connectivity index (χ1) is 12.7. The Morgan fingerprint density at radius 1 is 1.14 bits per heavy atom. The lowest BCUT2D eigenvalue weighted by molar-refractivity contribution is -0.200. The first-order valence-electron chi connectivity index (χ1n) is 8.21. The number of aliphatic carboxylic acids is 1. The Bertz CT molecular complexity index is 707. The Hall–Kier alpha value is -2.31. The summed E-state index contributed by atoms with van der Waals surface area (Å²) in [4.78, 5) is 50.6. The number of carbonyl (C=O) groups is 4. The number of esters is 2. The number of ether oxygens (including phenoxy) is 1. The van der Waals surface area contributed by atoms with Crippen LogP contribution in [-0.2, 0) is 38.9 Å². The van der Waals surface area contributed by atoms with E-state index < -0.39 is 44.8 Å². The van der Waals surface area contributed by atoms with E-state index in [1.54, 1.807) is 20.8 Å². The zero-order valence-electron chi connectivity index (χ0n) is 15.9. The van der Waals surface area contributed by atoms with Gasteiger partial charge < -0.3 is 14.7 Å². The van der Waals surface area contributed by atoms with Crippen molar-refractivity contribution < 1.29 is 46.8 Å². The van der Waals surface area contributed by atoms with Gasteiger partial charge in [-0.3, -0.25) is 14.1 Å². The van der Waals surface area contributed by atoms with Gasteiger partial charge in [0.1, 0.15) is 0 Å². The summed E-state index contributed by atoms with van der Waals surface area (Å²) >= 11 is 0. The van der Waals surface area contributed by atoms with Crippen LogP contribution in [0.15, 0.2) is 12.7 Å². The van der Waals surface area contributed by atoms with Gasteiger partial charge in [0, 0.05) is 25.5 Å². The van der Waals surface area contributed by atoms with Gasteiger partial charge in [-0.15, -0.1) is 5.06 Å². The lowest BCUT2D eigenvalue weighted by atomic mass is 9.97. The van der Waals surface area contributed by atoms with Crippen molar-refractivity contribution in [2.75, 3.05) is 6.54 Å². The van der Waals surface area contributed by atoms with Crippen molar-refractivity contribution >= 4 is 34.0 Å². The summed E-state index contributed by atoms with van der Waals surface area (Å²) in [7, 11) is -5.16. The minimum atomic E-state index is -5.16. The smallest absolute Gasteiger partial charge is 0.352 e. The van der Waals surface area contributed by atoms with Gasteiger partial charge in [0.25, 0.3) is 15.5 Å². The molecule has 0 aliphatic rings. The Labute approximate surface area is 163 Å². The molecule has 0 saturated carbocycles. The van der Waals surface area contributed by atoms with E-state index in [1.807, 2.05) is 0 Å². The molecule has 0 aromatic rings. The first-order valence-corrected chi connectivity index (χ1v) is 9.71. The summed E-state index contributed by atoms with van der Waals surface area (Å²) in [6.07, 6.45) is 0.421. The molecule has 1 atom stereocenters. The molecule has 12 heteroatoms. The molecule has 1 unspecified atom stereocenters. The average molecular weight is 423 g/mol. The molecule has 0 saturated heterocycles. The van der Waals surface area contributed by atoms with Crippen LogP contribution in [0.5, 0.6) is 0 Å². The Morgan fingerprint density at radius 2 is 1.68 bits per heavy atom. The highest BCUT2D eigenvalue weighted by atomic mass is 32.2. The van der Waals surface area contributed by atoms with E-state index in [0.29, 0.717) is 5.06 Å². The summed E-state index contributed by atoms with van der Waals surface area (Å²) in [5, 5.41) is 6.43. The number of hydroxylamine groups is 2. The zero-order chi connectivity index (χ0) is 22.1. The minimum absolute atomic E-state index is 0.0894. The molecule has 0 heterocycles. The third-order valence-corrected chi connectivity index (χ3v) is 3.98. The SMILES string of the molecule is C=CC(=O)ON(CC(C)(C)C)C(C(=O)OC(=O)CCCCC(=O)O)S(=O)(=O)O. The van der Waals surface area contributed by atoms with Gasteiger partial charge in [-0.05, 0) is 18.3 Å². The third kappa shape index (κ3) is 10.7. The van der Waals surface area contributed by atoms with Crippen LogP contribution in [-0.4, -0.2) is 58.9 Å². The van der Waals surface area contributed by atoms with E-state index in [9.17, 15) is 32.1 Å². The Kier molecular flexibility index (Phi) is 9.98. The van der Waals surface area contributed by atoms with E-state index in [-0.39, 0.29) is 32.2 Å².